The summed E-state index contributed by atoms with van der Waals surface area (Å²) >= 11 is 0. The molecule has 0 aromatic heterocycles. The van der Waals surface area contributed by atoms with Crippen molar-refractivity contribution in [1.29, 1.82) is 0 Å². The second kappa shape index (κ2) is 3.45. The number of ether oxygens (including phenoxy) is 1. The highest BCUT2D eigenvalue weighted by molar-refractivity contribution is 5.77. The van der Waals surface area contributed by atoms with E-state index in [9.17, 15) is 4.79 Å². The number of benzene rings is 1. The molecule has 0 unspecified atom stereocenters. The maximum atomic E-state index is 11.3. The van der Waals surface area contributed by atoms with Gasteiger partial charge < -0.3 is 4.74 Å². The molecule has 1 fully saturated rings. The van der Waals surface area contributed by atoms with Crippen LogP contribution < -0.4 is 4.74 Å². The fourth-order valence-corrected chi connectivity index (χ4v) is 1.30. The second-order valence-corrected chi connectivity index (χ2v) is 3.94. The highest BCUT2D eigenvalue weighted by atomic mass is 16.5. The summed E-state index contributed by atoms with van der Waals surface area (Å²) in [5, 5.41) is 0. The van der Waals surface area contributed by atoms with Crippen LogP contribution in [0.3, 0.4) is 0 Å². The van der Waals surface area contributed by atoms with Crippen LogP contribution in [0.1, 0.15) is 24.0 Å². The molecule has 0 atom stereocenters. The molecule has 0 radical (unpaired) electrons. The first-order chi connectivity index (χ1) is 6.66. The summed E-state index contributed by atoms with van der Waals surface area (Å²) in [5.41, 5.74) is 2.38. The Hall–Kier alpha value is -1.31. The lowest BCUT2D eigenvalue weighted by Crippen LogP contribution is -2.09. The van der Waals surface area contributed by atoms with Crippen LogP contribution in [0, 0.1) is 19.8 Å². The van der Waals surface area contributed by atoms with Crippen molar-refractivity contribution in [1.82, 2.24) is 0 Å². The van der Waals surface area contributed by atoms with Gasteiger partial charge in [0.25, 0.3) is 0 Å². The van der Waals surface area contributed by atoms with Gasteiger partial charge in [0, 0.05) is 0 Å². The molecule has 0 spiro atoms. The van der Waals surface area contributed by atoms with Crippen LogP contribution in [0.5, 0.6) is 5.75 Å². The standard InChI is InChI=1S/C12H14O2/c1-8-3-6-11(7-9(8)2)14-12(13)10-4-5-10/h3,6-7,10H,4-5H2,1-2H3. The lowest BCUT2D eigenvalue weighted by atomic mass is 10.1. The van der Waals surface area contributed by atoms with Crippen LogP contribution in [0.2, 0.25) is 0 Å². The molecule has 0 bridgehead atoms. The Labute approximate surface area is 83.9 Å². The van der Waals surface area contributed by atoms with Gasteiger partial charge in [0.05, 0.1) is 5.92 Å². The summed E-state index contributed by atoms with van der Waals surface area (Å²) in [6.45, 7) is 4.06. The van der Waals surface area contributed by atoms with E-state index in [-0.39, 0.29) is 11.9 Å². The first-order valence-corrected chi connectivity index (χ1v) is 4.96. The van der Waals surface area contributed by atoms with Crippen molar-refractivity contribution in [2.75, 3.05) is 0 Å². The molecule has 0 aliphatic heterocycles. The maximum Gasteiger partial charge on any atom is 0.314 e. The highest BCUT2D eigenvalue weighted by Crippen LogP contribution is 2.31. The summed E-state index contributed by atoms with van der Waals surface area (Å²) < 4.78 is 5.24. The topological polar surface area (TPSA) is 26.3 Å². The molecule has 1 aliphatic rings. The van der Waals surface area contributed by atoms with E-state index in [2.05, 4.69) is 0 Å². The fraction of sp³-hybridized carbons (Fsp3) is 0.417. The number of hydrogen-bond donors (Lipinski definition) is 0. The largest absolute Gasteiger partial charge is 0.426 e. The Balaban J connectivity index is 2.08. The van der Waals surface area contributed by atoms with Gasteiger partial charge in [-0.2, -0.15) is 0 Å². The molecule has 1 aliphatic carbocycles. The summed E-state index contributed by atoms with van der Waals surface area (Å²) in [6, 6.07) is 5.74. The van der Waals surface area contributed by atoms with Crippen molar-refractivity contribution in [3.05, 3.63) is 29.3 Å². The number of esters is 1. The van der Waals surface area contributed by atoms with Crippen LogP contribution in [-0.2, 0) is 4.79 Å². The van der Waals surface area contributed by atoms with Crippen LogP contribution in [0.4, 0.5) is 0 Å². The average molecular weight is 190 g/mol. The predicted molar refractivity (Wildman–Crippen MR) is 54.3 cm³/mol. The van der Waals surface area contributed by atoms with Gasteiger partial charge in [-0.05, 0) is 49.9 Å². The number of rotatable bonds is 2. The maximum absolute atomic E-state index is 11.3. The van der Waals surface area contributed by atoms with Gasteiger partial charge in [0.2, 0.25) is 0 Å². The first-order valence-electron chi connectivity index (χ1n) is 4.96. The Morgan fingerprint density at radius 3 is 2.57 bits per heavy atom. The van der Waals surface area contributed by atoms with Crippen molar-refractivity contribution in [2.45, 2.75) is 26.7 Å². The van der Waals surface area contributed by atoms with Gasteiger partial charge >= 0.3 is 5.97 Å². The van der Waals surface area contributed by atoms with Gasteiger partial charge in [0.15, 0.2) is 0 Å². The van der Waals surface area contributed by atoms with E-state index in [1.54, 1.807) is 0 Å². The smallest absolute Gasteiger partial charge is 0.314 e. The van der Waals surface area contributed by atoms with Gasteiger partial charge in [-0.1, -0.05) is 6.07 Å². The van der Waals surface area contributed by atoms with E-state index >= 15 is 0 Å². The third-order valence-corrected chi connectivity index (χ3v) is 2.61. The molecular formula is C12H14O2. The van der Waals surface area contributed by atoms with Crippen LogP contribution >= 0.6 is 0 Å². The number of aryl methyl sites for hydroxylation is 2. The van der Waals surface area contributed by atoms with Gasteiger partial charge in [-0.3, -0.25) is 4.79 Å². The van der Waals surface area contributed by atoms with Crippen molar-refractivity contribution < 1.29 is 9.53 Å². The molecule has 0 heterocycles. The Kier molecular flexibility index (Phi) is 2.28. The third-order valence-electron chi connectivity index (χ3n) is 2.61. The normalized spacial score (nSPS) is 15.3. The SMILES string of the molecule is Cc1ccc(OC(=O)C2CC2)cc1C. The molecular weight excluding hydrogens is 176 g/mol. The quantitative estimate of drug-likeness (QED) is 0.529. The van der Waals surface area contributed by atoms with Crippen LogP contribution in [-0.4, -0.2) is 5.97 Å². The van der Waals surface area contributed by atoms with E-state index in [4.69, 9.17) is 4.74 Å². The molecule has 2 nitrogen and oxygen atoms in total. The molecule has 0 saturated heterocycles. The monoisotopic (exact) mass is 190 g/mol. The molecule has 74 valence electrons. The Morgan fingerprint density at radius 2 is 2.00 bits per heavy atom. The lowest BCUT2D eigenvalue weighted by Gasteiger charge is -2.05. The molecule has 1 aromatic rings. The zero-order chi connectivity index (χ0) is 10.1. The summed E-state index contributed by atoms with van der Waals surface area (Å²) in [7, 11) is 0. The van der Waals surface area contributed by atoms with E-state index in [1.807, 2.05) is 32.0 Å². The zero-order valence-electron chi connectivity index (χ0n) is 8.54. The predicted octanol–water partition coefficient (Wildman–Crippen LogP) is 2.62. The van der Waals surface area contributed by atoms with E-state index in [0.717, 1.165) is 18.4 Å². The number of carbonyl (C=O) groups excluding carboxylic acids is 1. The van der Waals surface area contributed by atoms with Gasteiger partial charge in [-0.25, -0.2) is 0 Å². The molecule has 0 amide bonds. The third kappa shape index (κ3) is 1.95. The van der Waals surface area contributed by atoms with Crippen LogP contribution in [0.15, 0.2) is 18.2 Å². The molecule has 1 saturated carbocycles. The zero-order valence-corrected chi connectivity index (χ0v) is 8.54. The molecule has 1 aromatic carbocycles. The van der Waals surface area contributed by atoms with Crippen molar-refractivity contribution in [3.63, 3.8) is 0 Å². The van der Waals surface area contributed by atoms with E-state index < -0.39 is 0 Å². The Bertz CT molecular complexity index is 365. The lowest BCUT2D eigenvalue weighted by molar-refractivity contribution is -0.135. The van der Waals surface area contributed by atoms with Crippen molar-refractivity contribution >= 4 is 5.97 Å². The summed E-state index contributed by atoms with van der Waals surface area (Å²) in [6.07, 6.45) is 1.98. The number of hydrogen-bond acceptors (Lipinski definition) is 2. The minimum Gasteiger partial charge on any atom is -0.426 e. The molecule has 0 N–H and O–H groups in total. The average Bonchev–Trinajstić information content (AvgIpc) is 2.94. The minimum absolute atomic E-state index is 0.0757. The fourth-order valence-electron chi connectivity index (χ4n) is 1.30. The number of carbonyl (C=O) groups is 1. The van der Waals surface area contributed by atoms with Crippen molar-refractivity contribution in [2.24, 2.45) is 5.92 Å². The van der Waals surface area contributed by atoms with E-state index in [0.29, 0.717) is 5.75 Å². The highest BCUT2D eigenvalue weighted by Gasteiger charge is 2.31. The van der Waals surface area contributed by atoms with Gasteiger partial charge in [-0.15, -0.1) is 0 Å². The summed E-state index contributed by atoms with van der Waals surface area (Å²) in [5.74, 6) is 0.759. The van der Waals surface area contributed by atoms with Crippen LogP contribution in [0.25, 0.3) is 0 Å². The molecule has 2 heteroatoms. The van der Waals surface area contributed by atoms with Crippen molar-refractivity contribution in [3.8, 4) is 5.75 Å². The molecule has 14 heavy (non-hydrogen) atoms. The van der Waals surface area contributed by atoms with E-state index in [1.165, 1.54) is 5.56 Å². The first kappa shape index (κ1) is 9.25. The minimum atomic E-state index is -0.0757. The van der Waals surface area contributed by atoms with Gasteiger partial charge in [0.1, 0.15) is 5.75 Å². The second-order valence-electron chi connectivity index (χ2n) is 3.94. The summed E-state index contributed by atoms with van der Waals surface area (Å²) in [4.78, 5) is 11.3. The molecule has 2 rings (SSSR count). The Morgan fingerprint density at radius 1 is 1.29 bits per heavy atom.